The van der Waals surface area contributed by atoms with Crippen LogP contribution in [0.2, 0.25) is 0 Å². The van der Waals surface area contributed by atoms with Gasteiger partial charge >= 0.3 is 0 Å². The van der Waals surface area contributed by atoms with Crippen molar-refractivity contribution in [2.24, 2.45) is 5.73 Å². The number of hydrogen-bond acceptors (Lipinski definition) is 1. The maximum atomic E-state index is 6.26. The van der Waals surface area contributed by atoms with Crippen LogP contribution in [0.4, 0.5) is 0 Å². The lowest BCUT2D eigenvalue weighted by molar-refractivity contribution is 0.480. The summed E-state index contributed by atoms with van der Waals surface area (Å²) >= 11 is 0. The van der Waals surface area contributed by atoms with Gasteiger partial charge in [0.15, 0.2) is 0 Å². The van der Waals surface area contributed by atoms with Gasteiger partial charge in [0.25, 0.3) is 0 Å². The third-order valence-corrected chi connectivity index (χ3v) is 5.36. The van der Waals surface area contributed by atoms with Gasteiger partial charge in [-0.2, -0.15) is 0 Å². The first-order chi connectivity index (χ1) is 11.8. The molecule has 0 aliphatic rings. The summed E-state index contributed by atoms with van der Waals surface area (Å²) in [5.74, 6) is 0. The molecule has 0 fully saturated rings. The minimum Gasteiger partial charge on any atom is -0.328 e. The van der Waals surface area contributed by atoms with E-state index in [9.17, 15) is 0 Å². The number of unbranched alkanes of at least 4 members (excludes halogenated alkanes) is 16. The van der Waals surface area contributed by atoms with E-state index in [1.807, 2.05) is 0 Å². The molecule has 1 heteroatoms. The highest BCUT2D eigenvalue weighted by molar-refractivity contribution is 4.62. The smallest absolute Gasteiger partial charge is 0.00388 e. The van der Waals surface area contributed by atoms with Crippen LogP contribution < -0.4 is 5.73 Å². The number of hydrogen-bond donors (Lipinski definition) is 1. The van der Waals surface area contributed by atoms with Gasteiger partial charge in [0.1, 0.15) is 0 Å². The second kappa shape index (κ2) is 21.0. The summed E-state index contributed by atoms with van der Waals surface area (Å²) in [4.78, 5) is 0. The monoisotopic (exact) mass is 339 g/mol. The quantitative estimate of drug-likeness (QED) is 0.222. The summed E-state index contributed by atoms with van der Waals surface area (Å²) < 4.78 is 0. The molecule has 0 aromatic carbocycles. The molecular formula is C23H49N. The normalized spacial score (nSPS) is 12.6. The molecule has 0 heterocycles. The number of nitrogens with two attached hydrogens (primary N) is 1. The number of rotatable bonds is 20. The van der Waals surface area contributed by atoms with Gasteiger partial charge in [-0.15, -0.1) is 0 Å². The molecule has 1 atom stereocenters. The van der Waals surface area contributed by atoms with Crippen molar-refractivity contribution in [2.45, 2.75) is 148 Å². The molecule has 0 aromatic heterocycles. The molecule has 146 valence electrons. The topological polar surface area (TPSA) is 26.0 Å². The van der Waals surface area contributed by atoms with Crippen LogP contribution in [0.5, 0.6) is 0 Å². The van der Waals surface area contributed by atoms with E-state index in [1.165, 1.54) is 128 Å². The van der Waals surface area contributed by atoms with Crippen LogP contribution in [-0.2, 0) is 0 Å². The molecule has 0 spiro atoms. The first-order valence-corrected chi connectivity index (χ1v) is 11.6. The van der Waals surface area contributed by atoms with E-state index in [0.29, 0.717) is 6.04 Å². The average molecular weight is 340 g/mol. The van der Waals surface area contributed by atoms with Crippen LogP contribution in [0.3, 0.4) is 0 Å². The van der Waals surface area contributed by atoms with Gasteiger partial charge in [-0.25, -0.2) is 0 Å². The van der Waals surface area contributed by atoms with Crippen molar-refractivity contribution in [3.63, 3.8) is 0 Å². The summed E-state index contributed by atoms with van der Waals surface area (Å²) in [7, 11) is 0. The van der Waals surface area contributed by atoms with E-state index >= 15 is 0 Å². The summed E-state index contributed by atoms with van der Waals surface area (Å²) in [6, 6.07) is 0.471. The molecule has 0 radical (unpaired) electrons. The Balaban J connectivity index is 3.11. The maximum absolute atomic E-state index is 6.26. The van der Waals surface area contributed by atoms with Crippen molar-refractivity contribution in [1.82, 2.24) is 0 Å². The Morgan fingerprint density at radius 3 is 0.958 bits per heavy atom. The van der Waals surface area contributed by atoms with E-state index in [0.717, 1.165) is 0 Å². The van der Waals surface area contributed by atoms with E-state index in [1.54, 1.807) is 0 Å². The van der Waals surface area contributed by atoms with Crippen LogP contribution in [0.25, 0.3) is 0 Å². The SMILES string of the molecule is CCCCCCCCCCCCCC(N)CCCCCCCCC. The molecule has 0 aliphatic heterocycles. The first kappa shape index (κ1) is 24.0. The lowest BCUT2D eigenvalue weighted by Crippen LogP contribution is -2.19. The van der Waals surface area contributed by atoms with Crippen LogP contribution >= 0.6 is 0 Å². The largest absolute Gasteiger partial charge is 0.328 e. The standard InChI is InChI=1S/C23H49N/c1-3-5-7-9-11-12-13-14-16-18-20-22-23(24)21-19-17-15-10-8-6-4-2/h23H,3-22,24H2,1-2H3. The lowest BCUT2D eigenvalue weighted by atomic mass is 10.0. The molecule has 0 rings (SSSR count). The minimum absolute atomic E-state index is 0.471. The fourth-order valence-electron chi connectivity index (χ4n) is 3.58. The summed E-state index contributed by atoms with van der Waals surface area (Å²) in [6.45, 7) is 4.58. The first-order valence-electron chi connectivity index (χ1n) is 11.6. The fraction of sp³-hybridized carbons (Fsp3) is 1.00. The molecule has 24 heavy (non-hydrogen) atoms. The van der Waals surface area contributed by atoms with Gasteiger partial charge in [0, 0.05) is 6.04 Å². The van der Waals surface area contributed by atoms with Crippen LogP contribution in [-0.4, -0.2) is 6.04 Å². The van der Waals surface area contributed by atoms with Crippen LogP contribution in [0.15, 0.2) is 0 Å². The predicted octanol–water partition coefficient (Wildman–Crippen LogP) is 8.16. The summed E-state index contributed by atoms with van der Waals surface area (Å²) in [5.41, 5.74) is 6.26. The Bertz CT molecular complexity index is 214. The van der Waals surface area contributed by atoms with Crippen LogP contribution in [0.1, 0.15) is 142 Å². The lowest BCUT2D eigenvalue weighted by Gasteiger charge is -2.11. The second-order valence-corrected chi connectivity index (χ2v) is 7.99. The van der Waals surface area contributed by atoms with Crippen molar-refractivity contribution in [2.75, 3.05) is 0 Å². The Morgan fingerprint density at radius 2 is 0.667 bits per heavy atom. The fourth-order valence-corrected chi connectivity index (χ4v) is 3.58. The Hall–Kier alpha value is -0.0400. The zero-order valence-electron chi connectivity index (χ0n) is 17.3. The van der Waals surface area contributed by atoms with Gasteiger partial charge in [0.05, 0.1) is 0 Å². The van der Waals surface area contributed by atoms with Gasteiger partial charge in [0.2, 0.25) is 0 Å². The molecular weight excluding hydrogens is 290 g/mol. The average Bonchev–Trinajstić information content (AvgIpc) is 2.59. The van der Waals surface area contributed by atoms with Crippen molar-refractivity contribution in [1.29, 1.82) is 0 Å². The molecule has 0 aliphatic carbocycles. The third-order valence-electron chi connectivity index (χ3n) is 5.36. The maximum Gasteiger partial charge on any atom is 0.00388 e. The van der Waals surface area contributed by atoms with Crippen molar-refractivity contribution >= 4 is 0 Å². The molecule has 0 amide bonds. The van der Waals surface area contributed by atoms with Crippen LogP contribution in [0, 0.1) is 0 Å². The third kappa shape index (κ3) is 20.0. The molecule has 1 unspecified atom stereocenters. The zero-order valence-corrected chi connectivity index (χ0v) is 17.3. The highest BCUT2D eigenvalue weighted by Gasteiger charge is 2.02. The minimum atomic E-state index is 0.471. The molecule has 2 N–H and O–H groups in total. The highest BCUT2D eigenvalue weighted by atomic mass is 14.6. The molecule has 1 nitrogen and oxygen atoms in total. The zero-order chi connectivity index (χ0) is 17.7. The molecule has 0 aromatic rings. The molecule has 0 bridgehead atoms. The van der Waals surface area contributed by atoms with E-state index < -0.39 is 0 Å². The van der Waals surface area contributed by atoms with Crippen molar-refractivity contribution in [3.8, 4) is 0 Å². The Morgan fingerprint density at radius 1 is 0.417 bits per heavy atom. The second-order valence-electron chi connectivity index (χ2n) is 7.99. The Labute approximate surface area is 154 Å². The van der Waals surface area contributed by atoms with Crippen molar-refractivity contribution in [3.05, 3.63) is 0 Å². The van der Waals surface area contributed by atoms with E-state index in [4.69, 9.17) is 5.73 Å². The summed E-state index contributed by atoms with van der Waals surface area (Å²) in [5, 5.41) is 0. The van der Waals surface area contributed by atoms with E-state index in [-0.39, 0.29) is 0 Å². The van der Waals surface area contributed by atoms with Gasteiger partial charge in [-0.3, -0.25) is 0 Å². The van der Waals surface area contributed by atoms with Gasteiger partial charge in [-0.05, 0) is 12.8 Å². The van der Waals surface area contributed by atoms with Crippen molar-refractivity contribution < 1.29 is 0 Å². The molecule has 0 saturated heterocycles. The summed E-state index contributed by atoms with van der Waals surface area (Å²) in [6.07, 6.45) is 28.0. The highest BCUT2D eigenvalue weighted by Crippen LogP contribution is 2.14. The van der Waals surface area contributed by atoms with E-state index in [2.05, 4.69) is 13.8 Å². The molecule has 0 saturated carbocycles. The van der Waals surface area contributed by atoms with Gasteiger partial charge in [-0.1, -0.05) is 129 Å². The Kier molecular flexibility index (Phi) is 21.0. The van der Waals surface area contributed by atoms with Gasteiger partial charge < -0.3 is 5.73 Å². The predicted molar refractivity (Wildman–Crippen MR) is 112 cm³/mol.